The fraction of sp³-hybridized carbons (Fsp3) is 0.273. The minimum atomic E-state index is -0.881. The molecule has 0 saturated carbocycles. The van der Waals surface area contributed by atoms with Gasteiger partial charge in [0.05, 0.1) is 25.3 Å². The fourth-order valence-electron chi connectivity index (χ4n) is 1.12. The average molecular weight is 215 g/mol. The SMILES string of the molecule is C=C[P+](C)(C)Cc1ccccc1.[Cl-]. The van der Waals surface area contributed by atoms with Crippen molar-refractivity contribution in [3.63, 3.8) is 0 Å². The number of halogens is 1. The van der Waals surface area contributed by atoms with E-state index in [0.29, 0.717) is 0 Å². The van der Waals surface area contributed by atoms with Crippen molar-refractivity contribution >= 4 is 7.26 Å². The smallest absolute Gasteiger partial charge is 0.0878 e. The van der Waals surface area contributed by atoms with Gasteiger partial charge >= 0.3 is 0 Å². The molecule has 0 nitrogen and oxygen atoms in total. The number of hydrogen-bond donors (Lipinski definition) is 0. The van der Waals surface area contributed by atoms with Gasteiger partial charge in [-0.3, -0.25) is 0 Å². The van der Waals surface area contributed by atoms with Gasteiger partial charge in [0.25, 0.3) is 0 Å². The Hall–Kier alpha value is -0.320. The Bertz CT molecular complexity index is 254. The summed E-state index contributed by atoms with van der Waals surface area (Å²) in [5.41, 5.74) is 1.43. The summed E-state index contributed by atoms with van der Waals surface area (Å²) < 4.78 is 0. The van der Waals surface area contributed by atoms with Gasteiger partial charge in [0.1, 0.15) is 0 Å². The van der Waals surface area contributed by atoms with Crippen LogP contribution in [0.5, 0.6) is 0 Å². The minimum Gasteiger partial charge on any atom is -1.00 e. The molecule has 0 atom stereocenters. The monoisotopic (exact) mass is 214 g/mol. The third-order valence-electron chi connectivity index (χ3n) is 1.93. The molecule has 0 saturated heterocycles. The quantitative estimate of drug-likeness (QED) is 0.647. The van der Waals surface area contributed by atoms with Gasteiger partial charge in [-0.05, 0) is 5.56 Å². The minimum absolute atomic E-state index is 0. The van der Waals surface area contributed by atoms with Gasteiger partial charge in [-0.25, -0.2) is 0 Å². The Morgan fingerprint density at radius 1 is 1.23 bits per heavy atom. The highest BCUT2D eigenvalue weighted by atomic mass is 35.5. The van der Waals surface area contributed by atoms with Crippen molar-refractivity contribution in [2.75, 3.05) is 13.3 Å². The molecule has 1 aromatic carbocycles. The van der Waals surface area contributed by atoms with Crippen LogP contribution in [0.3, 0.4) is 0 Å². The van der Waals surface area contributed by atoms with E-state index in [2.05, 4.69) is 56.1 Å². The summed E-state index contributed by atoms with van der Waals surface area (Å²) in [5, 5.41) is 0. The first-order valence-electron chi connectivity index (χ1n) is 4.14. The average Bonchev–Trinajstić information content (AvgIpc) is 2.06. The van der Waals surface area contributed by atoms with Crippen molar-refractivity contribution in [1.82, 2.24) is 0 Å². The molecule has 2 heteroatoms. The van der Waals surface area contributed by atoms with E-state index >= 15 is 0 Å². The lowest BCUT2D eigenvalue weighted by atomic mass is 10.2. The van der Waals surface area contributed by atoms with Gasteiger partial charge in [0, 0.05) is 7.26 Å². The zero-order valence-electron chi connectivity index (χ0n) is 8.20. The zero-order valence-corrected chi connectivity index (χ0v) is 9.85. The second-order valence-electron chi connectivity index (χ2n) is 3.60. The van der Waals surface area contributed by atoms with E-state index in [-0.39, 0.29) is 12.4 Å². The topological polar surface area (TPSA) is 0 Å². The molecular formula is C11H16ClP. The molecule has 72 valence electrons. The van der Waals surface area contributed by atoms with Crippen LogP contribution in [0.2, 0.25) is 0 Å². The molecular weight excluding hydrogens is 199 g/mol. The van der Waals surface area contributed by atoms with Crippen LogP contribution < -0.4 is 12.4 Å². The summed E-state index contributed by atoms with van der Waals surface area (Å²) in [6, 6.07) is 10.6. The summed E-state index contributed by atoms with van der Waals surface area (Å²) in [7, 11) is -0.881. The van der Waals surface area contributed by atoms with E-state index in [9.17, 15) is 0 Å². The molecule has 0 aliphatic rings. The van der Waals surface area contributed by atoms with Crippen LogP contribution in [-0.4, -0.2) is 13.3 Å². The molecule has 0 fully saturated rings. The highest BCUT2D eigenvalue weighted by molar-refractivity contribution is 7.76. The maximum atomic E-state index is 3.88. The Labute approximate surface area is 87.8 Å². The molecule has 13 heavy (non-hydrogen) atoms. The lowest BCUT2D eigenvalue weighted by Crippen LogP contribution is -3.00. The maximum absolute atomic E-state index is 3.88. The van der Waals surface area contributed by atoms with Crippen molar-refractivity contribution in [1.29, 1.82) is 0 Å². The summed E-state index contributed by atoms with van der Waals surface area (Å²) in [4.78, 5) is 0. The summed E-state index contributed by atoms with van der Waals surface area (Å²) in [5.74, 6) is 2.12. The van der Waals surface area contributed by atoms with E-state index < -0.39 is 7.26 Å². The molecule has 0 radical (unpaired) electrons. The van der Waals surface area contributed by atoms with Crippen LogP contribution in [0.15, 0.2) is 42.7 Å². The largest absolute Gasteiger partial charge is 1.00 e. The summed E-state index contributed by atoms with van der Waals surface area (Å²) in [6.07, 6.45) is 1.18. The van der Waals surface area contributed by atoms with Crippen molar-refractivity contribution in [3.05, 3.63) is 48.3 Å². The van der Waals surface area contributed by atoms with Gasteiger partial charge in [0.15, 0.2) is 0 Å². The van der Waals surface area contributed by atoms with Gasteiger partial charge in [-0.1, -0.05) is 36.9 Å². The van der Waals surface area contributed by atoms with E-state index in [4.69, 9.17) is 0 Å². The van der Waals surface area contributed by atoms with Crippen molar-refractivity contribution in [2.24, 2.45) is 0 Å². The molecule has 0 heterocycles. The second-order valence-corrected chi connectivity index (χ2v) is 7.84. The molecule has 0 aliphatic heterocycles. The van der Waals surface area contributed by atoms with Crippen LogP contribution >= 0.6 is 7.26 Å². The van der Waals surface area contributed by atoms with Gasteiger partial charge in [-0.2, -0.15) is 0 Å². The Kier molecular flexibility index (Phi) is 5.29. The molecule has 0 N–H and O–H groups in total. The molecule has 0 unspecified atom stereocenters. The van der Waals surface area contributed by atoms with E-state index in [0.717, 1.165) is 0 Å². The Morgan fingerprint density at radius 2 is 1.77 bits per heavy atom. The first kappa shape index (κ1) is 12.7. The van der Waals surface area contributed by atoms with E-state index in [1.807, 2.05) is 0 Å². The van der Waals surface area contributed by atoms with Crippen molar-refractivity contribution in [2.45, 2.75) is 6.16 Å². The standard InChI is InChI=1S/C11H16P.ClH/c1-4-12(2,3)10-11-8-6-5-7-9-11;/h4-9H,1,10H2,2-3H3;1H/q+1;/p-1. The molecule has 0 amide bonds. The first-order valence-corrected chi connectivity index (χ1v) is 7.08. The first-order chi connectivity index (χ1) is 5.64. The third kappa shape index (κ3) is 4.45. The van der Waals surface area contributed by atoms with Gasteiger partial charge in [-0.15, -0.1) is 0 Å². The number of hydrogen-bond acceptors (Lipinski definition) is 0. The Morgan fingerprint density at radius 3 is 2.23 bits per heavy atom. The van der Waals surface area contributed by atoms with Gasteiger partial charge in [0.2, 0.25) is 0 Å². The number of rotatable bonds is 3. The fourth-order valence-corrected chi connectivity index (χ4v) is 2.40. The highest BCUT2D eigenvalue weighted by Crippen LogP contribution is 2.55. The van der Waals surface area contributed by atoms with Crippen LogP contribution in [-0.2, 0) is 6.16 Å². The normalized spacial score (nSPS) is 10.3. The summed E-state index contributed by atoms with van der Waals surface area (Å²) >= 11 is 0. The lowest BCUT2D eigenvalue weighted by molar-refractivity contribution is -0.00000272. The second kappa shape index (κ2) is 5.42. The van der Waals surface area contributed by atoms with Crippen LogP contribution in [0.1, 0.15) is 5.56 Å². The third-order valence-corrected chi connectivity index (χ3v) is 4.10. The molecule has 0 aliphatic carbocycles. The molecule has 0 bridgehead atoms. The molecule has 0 spiro atoms. The zero-order chi connectivity index (χ0) is 9.03. The molecule has 1 rings (SSSR count). The highest BCUT2D eigenvalue weighted by Gasteiger charge is 2.20. The predicted octanol–water partition coefficient (Wildman–Crippen LogP) is 0.611. The van der Waals surface area contributed by atoms with Crippen LogP contribution in [0.4, 0.5) is 0 Å². The van der Waals surface area contributed by atoms with Crippen molar-refractivity contribution < 1.29 is 12.4 Å². The van der Waals surface area contributed by atoms with Crippen LogP contribution in [0.25, 0.3) is 0 Å². The van der Waals surface area contributed by atoms with E-state index in [1.165, 1.54) is 11.7 Å². The Balaban J connectivity index is 0.00000144. The summed E-state index contributed by atoms with van der Waals surface area (Å²) in [6.45, 7) is 8.50. The number of benzene rings is 1. The maximum Gasteiger partial charge on any atom is 0.0878 e. The molecule has 0 aromatic heterocycles. The predicted molar refractivity (Wildman–Crippen MR) is 59.1 cm³/mol. The van der Waals surface area contributed by atoms with E-state index in [1.54, 1.807) is 0 Å². The van der Waals surface area contributed by atoms with Crippen LogP contribution in [0, 0.1) is 0 Å². The molecule has 1 aromatic rings. The van der Waals surface area contributed by atoms with Gasteiger partial charge < -0.3 is 12.4 Å². The lowest BCUT2D eigenvalue weighted by Gasteiger charge is -2.11. The van der Waals surface area contributed by atoms with Crippen molar-refractivity contribution in [3.8, 4) is 0 Å².